The van der Waals surface area contributed by atoms with E-state index in [4.69, 9.17) is 9.47 Å². The van der Waals surface area contributed by atoms with E-state index in [2.05, 4.69) is 87.7 Å². The van der Waals surface area contributed by atoms with Gasteiger partial charge in [-0.1, -0.05) is 76.7 Å². The molecular weight excluding hydrogens is 677 g/mol. The average Bonchev–Trinajstić information content (AvgIpc) is 3.13. The normalized spacial score (nSPS) is 11.5. The summed E-state index contributed by atoms with van der Waals surface area (Å²) in [6.07, 6.45) is 19.6. The first-order valence-corrected chi connectivity index (χ1v) is 19.5. The maximum absolute atomic E-state index is 12.2. The van der Waals surface area contributed by atoms with E-state index in [0.717, 1.165) is 47.6 Å². The van der Waals surface area contributed by atoms with Crippen LogP contribution in [0, 0.1) is 0 Å². The third-order valence-electron chi connectivity index (χ3n) is 7.42. The highest BCUT2D eigenvalue weighted by Gasteiger charge is 2.10. The number of anilines is 2. The number of hydrogen-bond acceptors (Lipinski definition) is 8. The zero-order valence-electron chi connectivity index (χ0n) is 30.3. The number of aromatic nitrogens is 1. The zero-order valence-corrected chi connectivity index (χ0v) is 31.9. The van der Waals surface area contributed by atoms with Crippen molar-refractivity contribution in [3.63, 3.8) is 0 Å². The second-order valence-corrected chi connectivity index (χ2v) is 14.4. The van der Waals surface area contributed by atoms with Crippen molar-refractivity contribution in [3.05, 3.63) is 132 Å². The summed E-state index contributed by atoms with van der Waals surface area (Å²) in [5, 5.41) is 2.04. The van der Waals surface area contributed by atoms with Crippen molar-refractivity contribution >= 4 is 63.1 Å². The number of pyridine rings is 1. The third kappa shape index (κ3) is 17.3. The molecule has 0 saturated carbocycles. The monoisotopic (exact) mass is 728 g/mol. The predicted molar refractivity (Wildman–Crippen MR) is 216 cm³/mol. The summed E-state index contributed by atoms with van der Waals surface area (Å²) in [6.45, 7) is 6.31. The molecule has 10 heteroatoms. The largest absolute Gasteiger partial charge is 0.465 e. The fraction of sp³-hybridized carbons (Fsp3) is 0.293. The molecule has 0 aliphatic carbocycles. The first-order chi connectivity index (χ1) is 24.7. The van der Waals surface area contributed by atoms with Gasteiger partial charge < -0.3 is 24.6 Å². The molecule has 0 bridgehead atoms. The second kappa shape index (κ2) is 23.8. The lowest BCUT2D eigenvalue weighted by atomic mass is 10.1. The van der Waals surface area contributed by atoms with Crippen LogP contribution in [-0.4, -0.2) is 71.4 Å². The molecule has 270 valence electrons. The first kappa shape index (κ1) is 40.9. The Hall–Kier alpha value is -4.51. The summed E-state index contributed by atoms with van der Waals surface area (Å²) >= 11 is 0. The van der Waals surface area contributed by atoms with Gasteiger partial charge in [0.2, 0.25) is 5.69 Å². The minimum atomic E-state index is -0.287. The van der Waals surface area contributed by atoms with Crippen molar-refractivity contribution in [2.75, 3.05) is 69.3 Å². The van der Waals surface area contributed by atoms with Crippen LogP contribution in [-0.2, 0) is 25.6 Å². The molecule has 0 fully saturated rings. The number of esters is 2. The minimum Gasteiger partial charge on any atom is -0.465 e. The minimum absolute atomic E-state index is 0.182. The highest BCUT2D eigenvalue weighted by atomic mass is 33.1. The van der Waals surface area contributed by atoms with Gasteiger partial charge in [-0.15, -0.1) is 0 Å². The Balaban J connectivity index is 1.18. The maximum atomic E-state index is 12.2. The quantitative estimate of drug-likeness (QED) is 0.0418. The number of hydrogen-bond donors (Lipinski definition) is 1. The van der Waals surface area contributed by atoms with Crippen molar-refractivity contribution < 1.29 is 28.9 Å². The van der Waals surface area contributed by atoms with Crippen LogP contribution in [0.2, 0.25) is 0 Å². The number of nitrogens with two attached hydrogens (primary N) is 1. The van der Waals surface area contributed by atoms with Gasteiger partial charge in [-0.05, 0) is 59.2 Å². The van der Waals surface area contributed by atoms with E-state index in [1.54, 1.807) is 0 Å². The van der Waals surface area contributed by atoms with E-state index in [-0.39, 0.29) is 23.4 Å². The average molecular weight is 729 g/mol. The van der Waals surface area contributed by atoms with Crippen molar-refractivity contribution in [1.82, 2.24) is 0 Å². The molecule has 0 aliphatic heterocycles. The number of quaternary nitrogens is 1. The van der Waals surface area contributed by atoms with Crippen LogP contribution in [0.25, 0.3) is 18.2 Å². The van der Waals surface area contributed by atoms with Crippen LogP contribution in [0.1, 0.15) is 29.7 Å². The molecular formula is C41H52N4O4S2+2. The molecule has 0 atom stereocenters. The molecule has 3 rings (SSSR count). The molecule has 0 saturated heterocycles. The lowest BCUT2D eigenvalue weighted by Gasteiger charge is -2.11. The molecule has 0 amide bonds. The van der Waals surface area contributed by atoms with E-state index in [1.807, 2.05) is 88.4 Å². The van der Waals surface area contributed by atoms with Crippen molar-refractivity contribution in [3.8, 4) is 0 Å². The Kier molecular flexibility index (Phi) is 19.1. The highest BCUT2D eigenvalue weighted by molar-refractivity contribution is 8.77. The summed E-state index contributed by atoms with van der Waals surface area (Å²) in [5.41, 5.74) is 6.58. The SMILES string of the molecule is C=C(/C=C\C=C/[NH2+]CCCOC(=O)CSSCC(=O)OCCC[n+]1ccccc1/C=C/c1ccc(N(C)C)cc1)/C=C/c1ccc(N(C)C)cc1. The molecule has 51 heavy (non-hydrogen) atoms. The van der Waals surface area contributed by atoms with Crippen LogP contribution in [0.4, 0.5) is 11.4 Å². The van der Waals surface area contributed by atoms with E-state index in [0.29, 0.717) is 19.6 Å². The number of nitrogens with zero attached hydrogens (tertiary/aromatic N) is 3. The predicted octanol–water partition coefficient (Wildman–Crippen LogP) is 6.43. The summed E-state index contributed by atoms with van der Waals surface area (Å²) in [4.78, 5) is 28.3. The number of carbonyl (C=O) groups is 2. The Labute approximate surface area is 312 Å². The molecule has 2 N–H and O–H groups in total. The van der Waals surface area contributed by atoms with E-state index in [9.17, 15) is 9.59 Å². The molecule has 0 radical (unpaired) electrons. The van der Waals surface area contributed by atoms with Gasteiger partial charge >= 0.3 is 11.9 Å². The van der Waals surface area contributed by atoms with Crippen LogP contribution in [0.5, 0.6) is 0 Å². The Morgan fingerprint density at radius 2 is 1.33 bits per heavy atom. The molecule has 8 nitrogen and oxygen atoms in total. The molecule has 2 aromatic carbocycles. The van der Waals surface area contributed by atoms with Gasteiger partial charge in [0.15, 0.2) is 12.7 Å². The highest BCUT2D eigenvalue weighted by Crippen LogP contribution is 2.21. The van der Waals surface area contributed by atoms with Gasteiger partial charge in [-0.2, -0.15) is 4.57 Å². The Bertz CT molecular complexity index is 1630. The molecule has 1 heterocycles. The van der Waals surface area contributed by atoms with Gasteiger partial charge in [0.25, 0.3) is 0 Å². The summed E-state index contributed by atoms with van der Waals surface area (Å²) in [7, 11) is 10.7. The molecule has 1 aromatic heterocycles. The summed E-state index contributed by atoms with van der Waals surface area (Å²) in [5.74, 6) is -0.200. The van der Waals surface area contributed by atoms with E-state index < -0.39 is 0 Å². The lowest BCUT2D eigenvalue weighted by Crippen LogP contribution is -2.78. The Morgan fingerprint density at radius 3 is 1.94 bits per heavy atom. The first-order valence-electron chi connectivity index (χ1n) is 17.0. The number of rotatable bonds is 22. The smallest absolute Gasteiger partial charge is 0.316 e. The van der Waals surface area contributed by atoms with Gasteiger partial charge in [-0.3, -0.25) is 9.59 Å². The van der Waals surface area contributed by atoms with E-state index in [1.165, 1.54) is 27.3 Å². The third-order valence-corrected chi connectivity index (χ3v) is 9.50. The van der Waals surface area contributed by atoms with Crippen molar-refractivity contribution in [2.45, 2.75) is 19.4 Å². The summed E-state index contributed by atoms with van der Waals surface area (Å²) < 4.78 is 12.8. The molecule has 0 spiro atoms. The lowest BCUT2D eigenvalue weighted by molar-refractivity contribution is -0.699. The summed E-state index contributed by atoms with van der Waals surface area (Å²) in [6, 6.07) is 22.8. The standard InChI is InChI=1S/C41H51N4O4S2/c1-34(14-15-35-16-21-37(22-17-35)43(2)3)12-6-8-26-42-27-10-30-48-40(46)32-50-51-33-41(47)49-31-11-29-45-28-9-7-13-39(45)25-20-36-18-23-38(24-19-36)44(4)5/h6-9,12-26,28,42H,1,10-11,27,29-33H2,2-5H3/q+1/p+1/b12-6-,15-14+,26-8-. The molecule has 3 aromatic rings. The topological polar surface area (TPSA) is 79.6 Å². The molecule has 0 unspecified atom stereocenters. The number of ether oxygens (including phenoxy) is 2. The fourth-order valence-electron chi connectivity index (χ4n) is 4.54. The van der Waals surface area contributed by atoms with Crippen molar-refractivity contribution in [2.24, 2.45) is 0 Å². The Morgan fingerprint density at radius 1 is 0.745 bits per heavy atom. The number of carbonyl (C=O) groups excluding carboxylic acids is 2. The number of aryl methyl sites for hydroxylation is 1. The number of benzene rings is 2. The van der Waals surface area contributed by atoms with Crippen molar-refractivity contribution in [1.29, 1.82) is 0 Å². The number of allylic oxidation sites excluding steroid dienone is 5. The molecule has 0 aliphatic rings. The fourth-order valence-corrected chi connectivity index (χ4v) is 6.14. The van der Waals surface area contributed by atoms with Gasteiger partial charge in [0.1, 0.15) is 11.5 Å². The maximum Gasteiger partial charge on any atom is 0.316 e. The van der Waals surface area contributed by atoms with E-state index >= 15 is 0 Å². The van der Waals surface area contributed by atoms with Crippen LogP contribution in [0.3, 0.4) is 0 Å². The van der Waals surface area contributed by atoms with Gasteiger partial charge in [-0.25, -0.2) is 0 Å². The van der Waals surface area contributed by atoms with Crippen LogP contribution >= 0.6 is 21.6 Å². The second-order valence-electron chi connectivity index (χ2n) is 12.0. The van der Waals surface area contributed by atoms with Crippen LogP contribution in [0.15, 0.2) is 116 Å². The van der Waals surface area contributed by atoms with Crippen LogP contribution < -0.4 is 19.7 Å². The zero-order chi connectivity index (χ0) is 36.7. The van der Waals surface area contributed by atoms with Gasteiger partial charge in [0.05, 0.1) is 26.0 Å². The van der Waals surface area contributed by atoms with Gasteiger partial charge in [0, 0.05) is 70.6 Å².